The molecular weight excluding hydrogens is 272 g/mol. The van der Waals surface area contributed by atoms with Crippen LogP contribution in [0.15, 0.2) is 24.4 Å². The third-order valence-electron chi connectivity index (χ3n) is 5.21. The maximum absolute atomic E-state index is 12.7. The molecule has 1 aromatic rings. The van der Waals surface area contributed by atoms with Gasteiger partial charge in [-0.15, -0.1) is 0 Å². The molecule has 1 saturated carbocycles. The summed E-state index contributed by atoms with van der Waals surface area (Å²) in [6, 6.07) is 5.94. The van der Waals surface area contributed by atoms with E-state index in [0.717, 1.165) is 24.5 Å². The van der Waals surface area contributed by atoms with E-state index in [-0.39, 0.29) is 12.0 Å². The van der Waals surface area contributed by atoms with Crippen LogP contribution in [0.1, 0.15) is 70.5 Å². The summed E-state index contributed by atoms with van der Waals surface area (Å²) in [6.45, 7) is 4.32. The lowest BCUT2D eigenvalue weighted by molar-refractivity contribution is -0.137. The Hall–Kier alpha value is -1.38. The molecule has 0 aromatic carbocycles. The van der Waals surface area contributed by atoms with Gasteiger partial charge in [0.25, 0.3) is 0 Å². The van der Waals surface area contributed by atoms with Crippen LogP contribution in [0.25, 0.3) is 0 Å². The highest BCUT2D eigenvalue weighted by Gasteiger charge is 2.30. The van der Waals surface area contributed by atoms with Gasteiger partial charge in [0.05, 0.1) is 11.7 Å². The summed E-state index contributed by atoms with van der Waals surface area (Å²) in [6.07, 6.45) is 10.3. The first-order valence-corrected chi connectivity index (χ1v) is 8.81. The quantitative estimate of drug-likeness (QED) is 0.769. The largest absolute Gasteiger partial charge is 0.337 e. The molecule has 0 N–H and O–H groups in total. The molecule has 1 heterocycles. The van der Waals surface area contributed by atoms with Crippen LogP contribution in [0.2, 0.25) is 0 Å². The van der Waals surface area contributed by atoms with Crippen LogP contribution in [0, 0.1) is 11.8 Å². The first-order chi connectivity index (χ1) is 10.6. The molecule has 0 radical (unpaired) electrons. The normalized spacial score (nSPS) is 23.0. The van der Waals surface area contributed by atoms with E-state index in [2.05, 4.69) is 18.8 Å². The summed E-state index contributed by atoms with van der Waals surface area (Å²) >= 11 is 0. The van der Waals surface area contributed by atoms with Crippen molar-refractivity contribution in [3.8, 4) is 0 Å². The van der Waals surface area contributed by atoms with Crippen molar-refractivity contribution in [2.45, 2.75) is 64.8 Å². The van der Waals surface area contributed by atoms with Crippen molar-refractivity contribution in [1.29, 1.82) is 0 Å². The Kier molecular flexibility index (Phi) is 6.41. The van der Waals surface area contributed by atoms with Crippen LogP contribution in [-0.4, -0.2) is 22.8 Å². The Labute approximate surface area is 135 Å². The molecule has 1 amide bonds. The van der Waals surface area contributed by atoms with Crippen LogP contribution in [0.5, 0.6) is 0 Å². The summed E-state index contributed by atoms with van der Waals surface area (Å²) < 4.78 is 0. The maximum atomic E-state index is 12.7. The van der Waals surface area contributed by atoms with Gasteiger partial charge in [-0.05, 0) is 50.7 Å². The molecule has 0 bridgehead atoms. The van der Waals surface area contributed by atoms with Crippen molar-refractivity contribution in [2.24, 2.45) is 11.8 Å². The summed E-state index contributed by atoms with van der Waals surface area (Å²) in [4.78, 5) is 19.0. The Morgan fingerprint density at radius 1 is 1.32 bits per heavy atom. The van der Waals surface area contributed by atoms with Gasteiger partial charge < -0.3 is 4.90 Å². The standard InChI is InChI=1S/C19H30N2O/c1-4-5-8-16-10-12-17(13-11-16)19(22)21(3)15(2)18-9-6-7-14-20-18/h6-7,9,14-17H,4-5,8,10-13H2,1-3H3. The molecule has 0 aliphatic heterocycles. The van der Waals surface area contributed by atoms with Crippen molar-refractivity contribution < 1.29 is 4.79 Å². The van der Waals surface area contributed by atoms with Gasteiger partial charge >= 0.3 is 0 Å². The first-order valence-electron chi connectivity index (χ1n) is 8.81. The summed E-state index contributed by atoms with van der Waals surface area (Å²) in [5.41, 5.74) is 0.968. The Balaban J connectivity index is 1.86. The van der Waals surface area contributed by atoms with Gasteiger partial charge in [-0.3, -0.25) is 9.78 Å². The van der Waals surface area contributed by atoms with E-state index in [1.807, 2.05) is 30.1 Å². The van der Waals surface area contributed by atoms with E-state index in [4.69, 9.17) is 0 Å². The molecule has 122 valence electrons. The zero-order valence-corrected chi connectivity index (χ0v) is 14.3. The molecule has 22 heavy (non-hydrogen) atoms. The minimum Gasteiger partial charge on any atom is -0.337 e. The lowest BCUT2D eigenvalue weighted by Crippen LogP contribution is -2.36. The van der Waals surface area contributed by atoms with Gasteiger partial charge in [0.2, 0.25) is 5.91 Å². The number of carbonyl (C=O) groups is 1. The van der Waals surface area contributed by atoms with Crippen molar-refractivity contribution in [1.82, 2.24) is 9.88 Å². The number of rotatable bonds is 6. The second-order valence-electron chi connectivity index (χ2n) is 6.74. The lowest BCUT2D eigenvalue weighted by atomic mass is 9.79. The van der Waals surface area contributed by atoms with Crippen LogP contribution in [0.4, 0.5) is 0 Å². The average Bonchev–Trinajstić information content (AvgIpc) is 2.59. The van der Waals surface area contributed by atoms with E-state index in [0.29, 0.717) is 5.91 Å². The van der Waals surface area contributed by atoms with Gasteiger partial charge in [0, 0.05) is 19.2 Å². The smallest absolute Gasteiger partial charge is 0.225 e. The fourth-order valence-corrected chi connectivity index (χ4v) is 3.49. The van der Waals surface area contributed by atoms with E-state index in [1.54, 1.807) is 6.20 Å². The van der Waals surface area contributed by atoms with Crippen molar-refractivity contribution in [3.05, 3.63) is 30.1 Å². The third kappa shape index (κ3) is 4.31. The Morgan fingerprint density at radius 3 is 2.64 bits per heavy atom. The van der Waals surface area contributed by atoms with Gasteiger partial charge in [-0.25, -0.2) is 0 Å². The highest BCUT2D eigenvalue weighted by Crippen LogP contribution is 2.33. The number of amides is 1. The Bertz CT molecular complexity index is 452. The van der Waals surface area contributed by atoms with Crippen molar-refractivity contribution in [2.75, 3.05) is 7.05 Å². The predicted octanol–water partition coefficient (Wildman–Crippen LogP) is 4.60. The third-order valence-corrected chi connectivity index (χ3v) is 5.21. The average molecular weight is 302 g/mol. The topological polar surface area (TPSA) is 33.2 Å². The predicted molar refractivity (Wildman–Crippen MR) is 90.4 cm³/mol. The van der Waals surface area contributed by atoms with Gasteiger partial charge in [-0.2, -0.15) is 0 Å². The van der Waals surface area contributed by atoms with Crippen LogP contribution in [0.3, 0.4) is 0 Å². The fourth-order valence-electron chi connectivity index (χ4n) is 3.49. The highest BCUT2D eigenvalue weighted by molar-refractivity contribution is 5.79. The number of unbranched alkanes of at least 4 members (excludes halogenated alkanes) is 1. The van der Waals surface area contributed by atoms with E-state index >= 15 is 0 Å². The van der Waals surface area contributed by atoms with Crippen molar-refractivity contribution >= 4 is 5.91 Å². The van der Waals surface area contributed by atoms with E-state index < -0.39 is 0 Å². The molecule has 3 nitrogen and oxygen atoms in total. The second kappa shape index (κ2) is 8.30. The molecule has 1 atom stereocenters. The van der Waals surface area contributed by atoms with E-state index in [9.17, 15) is 4.79 Å². The maximum Gasteiger partial charge on any atom is 0.225 e. The minimum absolute atomic E-state index is 0.0477. The lowest BCUT2D eigenvalue weighted by Gasteiger charge is -2.33. The zero-order valence-electron chi connectivity index (χ0n) is 14.3. The molecule has 1 aliphatic rings. The number of carbonyl (C=O) groups excluding carboxylic acids is 1. The summed E-state index contributed by atoms with van der Waals surface area (Å²) in [5, 5.41) is 0. The van der Waals surface area contributed by atoms with E-state index in [1.165, 1.54) is 32.1 Å². The molecular formula is C19H30N2O. The summed E-state index contributed by atoms with van der Waals surface area (Å²) in [5.74, 6) is 1.36. The number of aromatic nitrogens is 1. The van der Waals surface area contributed by atoms with Crippen LogP contribution >= 0.6 is 0 Å². The molecule has 1 aliphatic carbocycles. The fraction of sp³-hybridized carbons (Fsp3) is 0.684. The van der Waals surface area contributed by atoms with Gasteiger partial charge in [0.1, 0.15) is 0 Å². The molecule has 0 spiro atoms. The number of nitrogens with zero attached hydrogens (tertiary/aromatic N) is 2. The SMILES string of the molecule is CCCCC1CCC(C(=O)N(C)C(C)c2ccccn2)CC1. The second-order valence-corrected chi connectivity index (χ2v) is 6.74. The van der Waals surface area contributed by atoms with Gasteiger partial charge in [-0.1, -0.05) is 32.3 Å². The van der Waals surface area contributed by atoms with Gasteiger partial charge in [0.15, 0.2) is 0 Å². The van der Waals surface area contributed by atoms with Crippen molar-refractivity contribution in [3.63, 3.8) is 0 Å². The molecule has 2 rings (SSSR count). The molecule has 3 heteroatoms. The summed E-state index contributed by atoms with van der Waals surface area (Å²) in [7, 11) is 1.92. The molecule has 1 aromatic heterocycles. The molecule has 1 unspecified atom stereocenters. The first kappa shape index (κ1) is 17.0. The minimum atomic E-state index is 0.0477. The Morgan fingerprint density at radius 2 is 2.05 bits per heavy atom. The zero-order chi connectivity index (χ0) is 15.9. The monoisotopic (exact) mass is 302 g/mol. The highest BCUT2D eigenvalue weighted by atomic mass is 16.2. The number of hydrogen-bond donors (Lipinski definition) is 0. The number of hydrogen-bond acceptors (Lipinski definition) is 2. The molecule has 0 saturated heterocycles. The van der Waals surface area contributed by atoms with Crippen LogP contribution in [-0.2, 0) is 4.79 Å². The van der Waals surface area contributed by atoms with Crippen LogP contribution < -0.4 is 0 Å². The number of pyridine rings is 1. The molecule has 1 fully saturated rings.